The first kappa shape index (κ1) is 14.7. The van der Waals surface area contributed by atoms with Crippen LogP contribution in [0.2, 0.25) is 0 Å². The highest BCUT2D eigenvalue weighted by Gasteiger charge is 2.27. The second kappa shape index (κ2) is 6.17. The Bertz CT molecular complexity index is 488. The molecule has 0 aliphatic carbocycles. The molecule has 1 aliphatic heterocycles. The third kappa shape index (κ3) is 2.90. The maximum absolute atomic E-state index is 12.7. The minimum atomic E-state index is -0.0607. The van der Waals surface area contributed by atoms with Crippen molar-refractivity contribution in [1.29, 1.82) is 0 Å². The van der Waals surface area contributed by atoms with E-state index in [9.17, 15) is 4.79 Å². The van der Waals surface area contributed by atoms with Crippen LogP contribution in [0.3, 0.4) is 0 Å². The van der Waals surface area contributed by atoms with Crippen molar-refractivity contribution >= 4 is 11.6 Å². The van der Waals surface area contributed by atoms with Gasteiger partial charge in [0.1, 0.15) is 5.82 Å². The van der Waals surface area contributed by atoms with E-state index in [-0.39, 0.29) is 17.9 Å². The number of nitrogens with one attached hydrogen (secondary N) is 1. The van der Waals surface area contributed by atoms with Gasteiger partial charge in [-0.25, -0.2) is 9.97 Å². The van der Waals surface area contributed by atoms with E-state index in [1.165, 1.54) is 6.42 Å². The number of nitrogens with zero attached hydrogens (tertiary/aromatic N) is 3. The van der Waals surface area contributed by atoms with E-state index < -0.39 is 0 Å². The van der Waals surface area contributed by atoms with Gasteiger partial charge in [-0.1, -0.05) is 13.8 Å². The molecule has 1 aromatic heterocycles. The SMILES string of the molecule is CC(C)c1ncc(NN)c(C(=O)N2CCCCC2C)n1. The number of nitrogen functional groups attached to an aromatic ring is 1. The molecule has 1 aliphatic rings. The van der Waals surface area contributed by atoms with Crippen LogP contribution < -0.4 is 11.3 Å². The number of anilines is 1. The molecule has 0 saturated carbocycles. The Hall–Kier alpha value is -1.69. The van der Waals surface area contributed by atoms with Gasteiger partial charge in [0.25, 0.3) is 5.91 Å². The number of nitrogens with two attached hydrogens (primary N) is 1. The van der Waals surface area contributed by atoms with Crippen LogP contribution in [0.1, 0.15) is 62.3 Å². The van der Waals surface area contributed by atoms with Crippen LogP contribution in [0.25, 0.3) is 0 Å². The van der Waals surface area contributed by atoms with Gasteiger partial charge in [0, 0.05) is 18.5 Å². The van der Waals surface area contributed by atoms with Gasteiger partial charge in [-0.15, -0.1) is 0 Å². The zero-order chi connectivity index (χ0) is 14.7. The van der Waals surface area contributed by atoms with Crippen LogP contribution in [0.4, 0.5) is 5.69 Å². The van der Waals surface area contributed by atoms with Crippen LogP contribution in [-0.2, 0) is 0 Å². The van der Waals surface area contributed by atoms with Crippen LogP contribution in [0, 0.1) is 0 Å². The summed E-state index contributed by atoms with van der Waals surface area (Å²) in [6.07, 6.45) is 4.85. The van der Waals surface area contributed by atoms with Crippen molar-refractivity contribution in [2.75, 3.05) is 12.0 Å². The molecule has 3 N–H and O–H groups in total. The standard InChI is InChI=1S/C14H23N5O/c1-9(2)13-16-8-11(18-15)12(17-13)14(20)19-7-5-4-6-10(19)3/h8-10,18H,4-7,15H2,1-3H3. The van der Waals surface area contributed by atoms with Gasteiger partial charge in [0.05, 0.1) is 11.9 Å². The molecule has 2 rings (SSSR count). The Morgan fingerprint density at radius 2 is 2.25 bits per heavy atom. The average molecular weight is 277 g/mol. The predicted molar refractivity (Wildman–Crippen MR) is 78.3 cm³/mol. The molecule has 2 heterocycles. The molecule has 1 aromatic rings. The third-order valence-electron chi connectivity index (χ3n) is 3.75. The van der Waals surface area contributed by atoms with Crippen molar-refractivity contribution < 1.29 is 4.79 Å². The summed E-state index contributed by atoms with van der Waals surface area (Å²) in [5.41, 5.74) is 3.38. The van der Waals surface area contributed by atoms with E-state index in [1.807, 2.05) is 18.7 Å². The Morgan fingerprint density at radius 1 is 1.50 bits per heavy atom. The number of aromatic nitrogens is 2. The number of piperidine rings is 1. The summed E-state index contributed by atoms with van der Waals surface area (Å²) in [4.78, 5) is 23.2. The van der Waals surface area contributed by atoms with Crippen molar-refractivity contribution in [2.24, 2.45) is 5.84 Å². The Labute approximate surface area is 119 Å². The summed E-state index contributed by atoms with van der Waals surface area (Å²) in [6, 6.07) is 0.249. The lowest BCUT2D eigenvalue weighted by Gasteiger charge is -2.33. The Balaban J connectivity index is 2.33. The maximum atomic E-state index is 12.7. The normalized spacial score (nSPS) is 19.2. The first-order chi connectivity index (χ1) is 9.54. The fourth-order valence-electron chi connectivity index (χ4n) is 2.48. The summed E-state index contributed by atoms with van der Waals surface area (Å²) >= 11 is 0. The summed E-state index contributed by atoms with van der Waals surface area (Å²) < 4.78 is 0. The highest BCUT2D eigenvalue weighted by Crippen LogP contribution is 2.22. The second-order valence-corrected chi connectivity index (χ2v) is 5.63. The highest BCUT2D eigenvalue weighted by molar-refractivity contribution is 5.97. The second-order valence-electron chi connectivity index (χ2n) is 5.63. The molecule has 1 saturated heterocycles. The number of hydrazine groups is 1. The van der Waals surface area contributed by atoms with Crippen molar-refractivity contribution in [3.05, 3.63) is 17.7 Å². The molecule has 110 valence electrons. The van der Waals surface area contributed by atoms with Crippen molar-refractivity contribution in [1.82, 2.24) is 14.9 Å². The number of carbonyl (C=O) groups excluding carboxylic acids is 1. The zero-order valence-corrected chi connectivity index (χ0v) is 12.4. The lowest BCUT2D eigenvalue weighted by atomic mass is 10.0. The summed E-state index contributed by atoms with van der Waals surface area (Å²) in [6.45, 7) is 6.87. The lowest BCUT2D eigenvalue weighted by molar-refractivity contribution is 0.0630. The Kier molecular flexibility index (Phi) is 4.54. The molecular weight excluding hydrogens is 254 g/mol. The van der Waals surface area contributed by atoms with Gasteiger partial charge in [-0.2, -0.15) is 0 Å². The number of hydrogen-bond donors (Lipinski definition) is 2. The van der Waals surface area contributed by atoms with E-state index in [2.05, 4.69) is 22.3 Å². The van der Waals surface area contributed by atoms with Crippen LogP contribution in [0.5, 0.6) is 0 Å². The minimum Gasteiger partial charge on any atom is -0.335 e. The molecule has 0 spiro atoms. The van der Waals surface area contributed by atoms with Crippen LogP contribution in [-0.4, -0.2) is 33.4 Å². The fourth-order valence-corrected chi connectivity index (χ4v) is 2.48. The monoisotopic (exact) mass is 277 g/mol. The van der Waals surface area contributed by atoms with E-state index in [4.69, 9.17) is 5.84 Å². The predicted octanol–water partition coefficient (Wildman–Crippen LogP) is 1.90. The first-order valence-corrected chi connectivity index (χ1v) is 7.19. The minimum absolute atomic E-state index is 0.0607. The number of amides is 1. The van der Waals surface area contributed by atoms with E-state index in [0.717, 1.165) is 19.4 Å². The maximum Gasteiger partial charge on any atom is 0.275 e. The smallest absolute Gasteiger partial charge is 0.275 e. The molecule has 6 nitrogen and oxygen atoms in total. The van der Waals surface area contributed by atoms with E-state index in [1.54, 1.807) is 6.20 Å². The van der Waals surface area contributed by atoms with Gasteiger partial charge in [-0.3, -0.25) is 10.6 Å². The average Bonchev–Trinajstić information content (AvgIpc) is 2.46. The molecule has 20 heavy (non-hydrogen) atoms. The Morgan fingerprint density at radius 3 is 2.85 bits per heavy atom. The highest BCUT2D eigenvalue weighted by atomic mass is 16.2. The molecule has 6 heteroatoms. The zero-order valence-electron chi connectivity index (χ0n) is 12.4. The van der Waals surface area contributed by atoms with Gasteiger partial charge in [0.15, 0.2) is 5.69 Å². The number of hydrogen-bond acceptors (Lipinski definition) is 5. The van der Waals surface area contributed by atoms with Crippen molar-refractivity contribution in [2.45, 2.75) is 52.0 Å². The first-order valence-electron chi connectivity index (χ1n) is 7.19. The van der Waals surface area contributed by atoms with Gasteiger partial charge >= 0.3 is 0 Å². The number of carbonyl (C=O) groups is 1. The molecule has 1 atom stereocenters. The summed E-state index contributed by atoms with van der Waals surface area (Å²) in [5.74, 6) is 6.25. The third-order valence-corrected chi connectivity index (χ3v) is 3.75. The molecule has 0 radical (unpaired) electrons. The number of likely N-dealkylation sites (tertiary alicyclic amines) is 1. The van der Waals surface area contributed by atoms with Crippen LogP contribution in [0.15, 0.2) is 6.20 Å². The molecule has 0 bridgehead atoms. The van der Waals surface area contributed by atoms with Gasteiger partial charge < -0.3 is 10.3 Å². The van der Waals surface area contributed by atoms with Gasteiger partial charge in [-0.05, 0) is 26.2 Å². The topological polar surface area (TPSA) is 84.1 Å². The van der Waals surface area contributed by atoms with Crippen LogP contribution >= 0.6 is 0 Å². The summed E-state index contributed by atoms with van der Waals surface area (Å²) in [7, 11) is 0. The number of rotatable bonds is 3. The molecule has 1 fully saturated rings. The lowest BCUT2D eigenvalue weighted by Crippen LogP contribution is -2.42. The quantitative estimate of drug-likeness (QED) is 0.651. The van der Waals surface area contributed by atoms with E-state index >= 15 is 0 Å². The largest absolute Gasteiger partial charge is 0.335 e. The van der Waals surface area contributed by atoms with E-state index in [0.29, 0.717) is 17.2 Å². The fraction of sp³-hybridized carbons (Fsp3) is 0.643. The summed E-state index contributed by atoms with van der Waals surface area (Å²) in [5, 5.41) is 0. The molecule has 1 unspecified atom stereocenters. The molecule has 1 amide bonds. The molecular formula is C14H23N5O. The van der Waals surface area contributed by atoms with Gasteiger partial charge in [0.2, 0.25) is 0 Å². The van der Waals surface area contributed by atoms with Crippen molar-refractivity contribution in [3.8, 4) is 0 Å². The molecule has 0 aromatic carbocycles. The van der Waals surface area contributed by atoms with Crippen molar-refractivity contribution in [3.63, 3.8) is 0 Å².